The Morgan fingerprint density at radius 1 is 0.636 bits per heavy atom. The van der Waals surface area contributed by atoms with Crippen molar-refractivity contribution in [3.63, 3.8) is 0 Å². The van der Waals surface area contributed by atoms with Crippen molar-refractivity contribution in [3.8, 4) is 0 Å². The zero-order chi connectivity index (χ0) is 25.2. The molecule has 0 saturated carbocycles. The molecular formula is C23H38N2O8. The summed E-state index contributed by atoms with van der Waals surface area (Å²) in [4.78, 5) is 50.6. The van der Waals surface area contributed by atoms with Gasteiger partial charge in [-0.15, -0.1) is 0 Å². The molecule has 0 fully saturated rings. The van der Waals surface area contributed by atoms with Gasteiger partial charge in [-0.2, -0.15) is 0 Å². The molecule has 0 heterocycles. The molecule has 0 aliphatic rings. The van der Waals surface area contributed by atoms with Gasteiger partial charge in [-0.1, -0.05) is 13.2 Å². The zero-order valence-electron chi connectivity index (χ0n) is 20.4. The predicted octanol–water partition coefficient (Wildman–Crippen LogP) is 1.35. The lowest BCUT2D eigenvalue weighted by atomic mass is 10.3. The van der Waals surface area contributed by atoms with Crippen LogP contribution in [0.2, 0.25) is 0 Å². The van der Waals surface area contributed by atoms with Crippen molar-refractivity contribution in [1.29, 1.82) is 0 Å². The van der Waals surface area contributed by atoms with Gasteiger partial charge in [0.15, 0.2) is 0 Å². The first-order valence-electron chi connectivity index (χ1n) is 10.9. The monoisotopic (exact) mass is 470 g/mol. The molecular weight excluding hydrogens is 432 g/mol. The Balaban J connectivity index is 4.30. The molecule has 0 amide bonds. The van der Waals surface area contributed by atoms with Crippen LogP contribution in [0.4, 0.5) is 0 Å². The van der Waals surface area contributed by atoms with Crippen molar-refractivity contribution >= 4 is 23.9 Å². The Kier molecular flexibility index (Phi) is 16.3. The predicted molar refractivity (Wildman–Crippen MR) is 122 cm³/mol. The van der Waals surface area contributed by atoms with Gasteiger partial charge in [0.25, 0.3) is 0 Å². The first kappa shape index (κ1) is 30.3. The second kappa shape index (κ2) is 17.8. The molecule has 0 bridgehead atoms. The summed E-state index contributed by atoms with van der Waals surface area (Å²) in [5, 5.41) is 0. The quantitative estimate of drug-likeness (QED) is 0.126. The lowest BCUT2D eigenvalue weighted by Gasteiger charge is -2.22. The van der Waals surface area contributed by atoms with Crippen LogP contribution in [0.15, 0.2) is 24.3 Å². The molecule has 0 atom stereocenters. The first-order chi connectivity index (χ1) is 15.5. The van der Waals surface area contributed by atoms with E-state index < -0.39 is 23.9 Å². The van der Waals surface area contributed by atoms with Crippen LogP contribution in [0.3, 0.4) is 0 Å². The third-order valence-electron chi connectivity index (χ3n) is 4.20. The highest BCUT2D eigenvalue weighted by Gasteiger charge is 2.13. The van der Waals surface area contributed by atoms with E-state index in [2.05, 4.69) is 18.1 Å². The molecule has 0 aromatic heterocycles. The van der Waals surface area contributed by atoms with Gasteiger partial charge in [-0.05, 0) is 47.5 Å². The molecule has 0 spiro atoms. The molecule has 0 radical (unpaired) electrons. The highest BCUT2D eigenvalue weighted by Crippen LogP contribution is 2.01. The number of esters is 4. The SMILES string of the molecule is C=C(C)C(=O)OCCOC(=O)CCN(CCCN(C)C)CCC(=O)OCCOC(=O)C(=C)C. The third kappa shape index (κ3) is 17.5. The number of rotatable bonds is 18. The molecule has 0 N–H and O–H groups in total. The molecule has 0 rings (SSSR count). The largest absolute Gasteiger partial charge is 0.462 e. The van der Waals surface area contributed by atoms with Crippen LogP contribution in [0.25, 0.3) is 0 Å². The van der Waals surface area contributed by atoms with Gasteiger partial charge in [-0.25, -0.2) is 9.59 Å². The van der Waals surface area contributed by atoms with E-state index in [1.807, 2.05) is 19.0 Å². The summed E-state index contributed by atoms with van der Waals surface area (Å²) in [7, 11) is 3.95. The van der Waals surface area contributed by atoms with Crippen molar-refractivity contribution in [3.05, 3.63) is 24.3 Å². The minimum Gasteiger partial charge on any atom is -0.462 e. The Labute approximate surface area is 196 Å². The van der Waals surface area contributed by atoms with Crippen molar-refractivity contribution < 1.29 is 38.1 Å². The average Bonchev–Trinajstić information content (AvgIpc) is 2.74. The smallest absolute Gasteiger partial charge is 0.333 e. The van der Waals surface area contributed by atoms with Crippen LogP contribution in [0, 0.1) is 0 Å². The highest BCUT2D eigenvalue weighted by molar-refractivity contribution is 5.87. The number of carbonyl (C=O) groups is 4. The highest BCUT2D eigenvalue weighted by atomic mass is 16.6. The normalized spacial score (nSPS) is 10.6. The van der Waals surface area contributed by atoms with Crippen LogP contribution in [-0.4, -0.2) is 100 Å². The van der Waals surface area contributed by atoms with Crippen molar-refractivity contribution in [2.75, 3.05) is 66.7 Å². The third-order valence-corrected chi connectivity index (χ3v) is 4.20. The van der Waals surface area contributed by atoms with Gasteiger partial charge < -0.3 is 28.7 Å². The lowest BCUT2D eigenvalue weighted by molar-refractivity contribution is -0.151. The van der Waals surface area contributed by atoms with Crippen molar-refractivity contribution in [1.82, 2.24) is 9.80 Å². The lowest BCUT2D eigenvalue weighted by Crippen LogP contribution is -2.32. The fraction of sp³-hybridized carbons (Fsp3) is 0.652. The fourth-order valence-electron chi connectivity index (χ4n) is 2.42. The van der Waals surface area contributed by atoms with Crippen LogP contribution in [-0.2, 0) is 38.1 Å². The molecule has 0 aliphatic heterocycles. The average molecular weight is 471 g/mol. The number of carbonyl (C=O) groups excluding carboxylic acids is 4. The fourth-order valence-corrected chi connectivity index (χ4v) is 2.42. The van der Waals surface area contributed by atoms with Gasteiger partial charge in [0.2, 0.25) is 0 Å². The molecule has 188 valence electrons. The summed E-state index contributed by atoms with van der Waals surface area (Å²) in [5.74, 6) is -1.89. The minimum atomic E-state index is -0.529. The summed E-state index contributed by atoms with van der Waals surface area (Å²) >= 11 is 0. The van der Waals surface area contributed by atoms with Gasteiger partial charge in [0.05, 0.1) is 12.8 Å². The van der Waals surface area contributed by atoms with E-state index in [9.17, 15) is 19.2 Å². The maximum Gasteiger partial charge on any atom is 0.333 e. The molecule has 0 unspecified atom stereocenters. The Morgan fingerprint density at radius 3 is 1.39 bits per heavy atom. The Morgan fingerprint density at radius 2 is 1.03 bits per heavy atom. The van der Waals surface area contributed by atoms with Gasteiger partial charge in [-0.3, -0.25) is 9.59 Å². The van der Waals surface area contributed by atoms with E-state index >= 15 is 0 Å². The summed E-state index contributed by atoms with van der Waals surface area (Å²) in [6.45, 7) is 12.3. The maximum absolute atomic E-state index is 12.0. The van der Waals surface area contributed by atoms with Crippen LogP contribution >= 0.6 is 0 Å². The van der Waals surface area contributed by atoms with Gasteiger partial charge >= 0.3 is 23.9 Å². The molecule has 33 heavy (non-hydrogen) atoms. The van der Waals surface area contributed by atoms with E-state index in [1.54, 1.807) is 0 Å². The Hall–Kier alpha value is -2.72. The second-order valence-electron chi connectivity index (χ2n) is 7.77. The molecule has 0 saturated heterocycles. The molecule has 0 aromatic rings. The first-order valence-corrected chi connectivity index (χ1v) is 10.9. The van der Waals surface area contributed by atoms with Crippen LogP contribution in [0.1, 0.15) is 33.1 Å². The summed E-state index contributed by atoms with van der Waals surface area (Å²) < 4.78 is 19.9. The van der Waals surface area contributed by atoms with Gasteiger partial charge in [0, 0.05) is 24.2 Å². The number of hydrogen-bond acceptors (Lipinski definition) is 10. The maximum atomic E-state index is 12.0. The number of nitrogens with zero attached hydrogens (tertiary/aromatic N) is 2. The van der Waals surface area contributed by atoms with E-state index in [4.69, 9.17) is 18.9 Å². The van der Waals surface area contributed by atoms with Crippen LogP contribution < -0.4 is 0 Å². The second-order valence-corrected chi connectivity index (χ2v) is 7.77. The summed E-state index contributed by atoms with van der Waals surface area (Å²) in [6.07, 6.45) is 1.15. The van der Waals surface area contributed by atoms with E-state index in [0.717, 1.165) is 13.0 Å². The number of hydrogen-bond donors (Lipinski definition) is 0. The molecule has 0 aliphatic carbocycles. The van der Waals surface area contributed by atoms with Crippen LogP contribution in [0.5, 0.6) is 0 Å². The molecule has 10 nitrogen and oxygen atoms in total. The van der Waals surface area contributed by atoms with Crippen molar-refractivity contribution in [2.45, 2.75) is 33.1 Å². The van der Waals surface area contributed by atoms with E-state index in [-0.39, 0.29) is 50.4 Å². The Bertz CT molecular complexity index is 625. The topological polar surface area (TPSA) is 112 Å². The summed E-state index contributed by atoms with van der Waals surface area (Å²) in [5.41, 5.74) is 0.558. The van der Waals surface area contributed by atoms with Crippen molar-refractivity contribution in [2.24, 2.45) is 0 Å². The standard InChI is InChI=1S/C23H38N2O8/c1-18(2)22(28)32-16-14-30-20(26)8-12-25(11-7-10-24(5)6)13-9-21(27)31-15-17-33-23(29)19(3)4/h1,3,7-17H2,2,4-6H3. The minimum absolute atomic E-state index is 0.0270. The van der Waals surface area contributed by atoms with E-state index in [1.165, 1.54) is 13.8 Å². The van der Waals surface area contributed by atoms with E-state index in [0.29, 0.717) is 19.6 Å². The zero-order valence-corrected chi connectivity index (χ0v) is 20.4. The summed E-state index contributed by atoms with van der Waals surface area (Å²) in [6, 6.07) is 0. The number of ether oxygens (including phenoxy) is 4. The van der Waals surface area contributed by atoms with Gasteiger partial charge in [0.1, 0.15) is 26.4 Å². The molecule has 0 aromatic carbocycles. The molecule has 10 heteroatoms.